The third kappa shape index (κ3) is 6.17. The molecule has 3 rings (SSSR count). The van der Waals surface area contributed by atoms with Crippen LogP contribution in [0.15, 0.2) is 30.3 Å². The van der Waals surface area contributed by atoms with Gasteiger partial charge in [-0.2, -0.15) is 0 Å². The first-order valence-electron chi connectivity index (χ1n) is 10.2. The molecule has 0 bridgehead atoms. The molecule has 4 atom stereocenters. The number of hydrogen-bond acceptors (Lipinski definition) is 7. The van der Waals surface area contributed by atoms with Crippen molar-refractivity contribution < 1.29 is 33.3 Å². The summed E-state index contributed by atoms with van der Waals surface area (Å²) in [4.78, 5) is 24.3. The largest absolute Gasteiger partial charge is 0.458 e. The van der Waals surface area contributed by atoms with Gasteiger partial charge in [0.05, 0.1) is 12.1 Å². The monoisotopic (exact) mass is 421 g/mol. The molecular weight excluding hydrogens is 390 g/mol. The first kappa shape index (κ1) is 22.5. The summed E-state index contributed by atoms with van der Waals surface area (Å²) in [7, 11) is 0. The van der Waals surface area contributed by atoms with Crippen molar-refractivity contribution in [3.63, 3.8) is 0 Å². The Morgan fingerprint density at radius 1 is 1.13 bits per heavy atom. The van der Waals surface area contributed by atoms with Crippen molar-refractivity contribution in [1.82, 2.24) is 5.32 Å². The van der Waals surface area contributed by atoms with Gasteiger partial charge < -0.3 is 29.0 Å². The lowest BCUT2D eigenvalue weighted by molar-refractivity contribution is -0.176. The number of rotatable bonds is 6. The van der Waals surface area contributed by atoms with Crippen molar-refractivity contribution in [1.29, 1.82) is 0 Å². The summed E-state index contributed by atoms with van der Waals surface area (Å²) in [6.45, 7) is 8.99. The number of fused-ring (bicyclic) bond motifs is 1. The fourth-order valence-corrected chi connectivity index (χ4v) is 3.70. The Labute approximate surface area is 177 Å². The lowest BCUT2D eigenvalue weighted by atomic mass is 10.2. The first-order chi connectivity index (χ1) is 14.0. The zero-order chi connectivity index (χ0) is 21.9. The molecule has 1 saturated carbocycles. The number of hydrogen-bond donors (Lipinski definition) is 1. The molecule has 1 amide bonds. The topological polar surface area (TPSA) is 92.3 Å². The van der Waals surface area contributed by atoms with E-state index in [9.17, 15) is 9.59 Å². The average molecular weight is 421 g/mol. The van der Waals surface area contributed by atoms with E-state index in [0.717, 1.165) is 5.56 Å². The summed E-state index contributed by atoms with van der Waals surface area (Å²) in [6.07, 6.45) is -1.31. The number of nitrogens with one attached hydrogen (secondary N) is 1. The van der Waals surface area contributed by atoms with E-state index in [2.05, 4.69) is 5.32 Å². The highest BCUT2D eigenvalue weighted by molar-refractivity contribution is 5.71. The zero-order valence-electron chi connectivity index (χ0n) is 18.2. The Bertz CT molecular complexity index is 744. The van der Waals surface area contributed by atoms with Crippen LogP contribution < -0.4 is 5.32 Å². The van der Waals surface area contributed by atoms with Gasteiger partial charge in [-0.15, -0.1) is 0 Å². The fraction of sp³-hybridized carbons (Fsp3) is 0.636. The van der Waals surface area contributed by atoms with Gasteiger partial charge in [-0.05, 0) is 46.6 Å². The molecule has 0 spiro atoms. The van der Waals surface area contributed by atoms with Gasteiger partial charge in [0.2, 0.25) is 0 Å². The Balaban J connectivity index is 1.55. The summed E-state index contributed by atoms with van der Waals surface area (Å²) in [6, 6.07) is 9.08. The quantitative estimate of drug-likeness (QED) is 0.706. The van der Waals surface area contributed by atoms with Crippen molar-refractivity contribution in [2.45, 2.75) is 83.4 Å². The van der Waals surface area contributed by atoms with Crippen molar-refractivity contribution >= 4 is 12.1 Å². The van der Waals surface area contributed by atoms with Crippen LogP contribution in [0.5, 0.6) is 0 Å². The molecule has 8 heteroatoms. The van der Waals surface area contributed by atoms with Crippen LogP contribution in [0.3, 0.4) is 0 Å². The molecule has 30 heavy (non-hydrogen) atoms. The van der Waals surface area contributed by atoms with Gasteiger partial charge in [0.1, 0.15) is 31.0 Å². The Hall–Kier alpha value is -2.16. The lowest BCUT2D eigenvalue weighted by Crippen LogP contribution is -2.43. The molecule has 0 unspecified atom stereocenters. The van der Waals surface area contributed by atoms with E-state index in [1.807, 2.05) is 30.3 Å². The molecule has 1 heterocycles. The van der Waals surface area contributed by atoms with Gasteiger partial charge >= 0.3 is 12.1 Å². The van der Waals surface area contributed by atoms with Gasteiger partial charge in [-0.3, -0.25) is 0 Å². The number of esters is 1. The molecule has 1 aliphatic carbocycles. The van der Waals surface area contributed by atoms with E-state index in [1.165, 1.54) is 0 Å². The van der Waals surface area contributed by atoms with Crippen LogP contribution in [0.4, 0.5) is 4.79 Å². The molecule has 1 aromatic carbocycles. The van der Waals surface area contributed by atoms with Crippen molar-refractivity contribution in [2.24, 2.45) is 0 Å². The fourth-order valence-electron chi connectivity index (χ4n) is 3.70. The van der Waals surface area contributed by atoms with Crippen LogP contribution in [0.1, 0.15) is 46.6 Å². The molecule has 8 nitrogen and oxygen atoms in total. The molecular formula is C22H31NO7. The molecule has 166 valence electrons. The average Bonchev–Trinajstić information content (AvgIpc) is 3.11. The van der Waals surface area contributed by atoms with Crippen LogP contribution in [0.2, 0.25) is 0 Å². The van der Waals surface area contributed by atoms with Gasteiger partial charge in [0, 0.05) is 0 Å². The van der Waals surface area contributed by atoms with Crippen LogP contribution in [0, 0.1) is 0 Å². The Morgan fingerprint density at radius 3 is 2.47 bits per heavy atom. The predicted octanol–water partition coefficient (Wildman–Crippen LogP) is 2.93. The molecule has 1 N–H and O–H groups in total. The maximum absolute atomic E-state index is 12.3. The molecule has 0 aromatic heterocycles. The molecule has 1 aromatic rings. The highest BCUT2D eigenvalue weighted by Gasteiger charge is 2.55. The van der Waals surface area contributed by atoms with Crippen molar-refractivity contribution in [3.05, 3.63) is 35.9 Å². The first-order valence-corrected chi connectivity index (χ1v) is 10.2. The minimum absolute atomic E-state index is 0.176. The van der Waals surface area contributed by atoms with E-state index in [-0.39, 0.29) is 19.3 Å². The van der Waals surface area contributed by atoms with E-state index >= 15 is 0 Å². The molecule has 1 saturated heterocycles. The second-order valence-electron chi connectivity index (χ2n) is 9.05. The second-order valence-corrected chi connectivity index (χ2v) is 9.05. The molecule has 2 fully saturated rings. The van der Waals surface area contributed by atoms with E-state index in [1.54, 1.807) is 34.6 Å². The number of ether oxygens (including phenoxy) is 5. The summed E-state index contributed by atoms with van der Waals surface area (Å²) in [5, 5.41) is 2.85. The zero-order valence-corrected chi connectivity index (χ0v) is 18.2. The number of amides is 1. The third-order valence-electron chi connectivity index (χ3n) is 4.76. The number of alkyl carbamates (subject to hydrolysis) is 1. The summed E-state index contributed by atoms with van der Waals surface area (Å²) >= 11 is 0. The van der Waals surface area contributed by atoms with E-state index < -0.39 is 41.8 Å². The molecule has 2 aliphatic rings. The normalized spacial score (nSPS) is 27.4. The Kier molecular flexibility index (Phi) is 6.69. The predicted molar refractivity (Wildman–Crippen MR) is 108 cm³/mol. The number of carbonyl (C=O) groups is 2. The minimum Gasteiger partial charge on any atom is -0.458 e. The maximum Gasteiger partial charge on any atom is 0.407 e. The highest BCUT2D eigenvalue weighted by Crippen LogP contribution is 2.39. The molecule has 1 aliphatic heterocycles. The third-order valence-corrected chi connectivity index (χ3v) is 4.76. The van der Waals surface area contributed by atoms with Crippen LogP contribution >= 0.6 is 0 Å². The lowest BCUT2D eigenvalue weighted by Gasteiger charge is -2.24. The summed E-state index contributed by atoms with van der Waals surface area (Å²) in [5.41, 5.74) is 0.317. The summed E-state index contributed by atoms with van der Waals surface area (Å²) in [5.74, 6) is -1.26. The number of benzene rings is 1. The van der Waals surface area contributed by atoms with E-state index in [4.69, 9.17) is 23.7 Å². The van der Waals surface area contributed by atoms with Crippen LogP contribution in [-0.4, -0.2) is 54.4 Å². The maximum atomic E-state index is 12.3. The van der Waals surface area contributed by atoms with Gasteiger partial charge in [0.25, 0.3) is 0 Å². The van der Waals surface area contributed by atoms with Gasteiger partial charge in [0.15, 0.2) is 5.79 Å². The van der Waals surface area contributed by atoms with Crippen molar-refractivity contribution in [2.75, 3.05) is 6.61 Å². The van der Waals surface area contributed by atoms with Crippen molar-refractivity contribution in [3.8, 4) is 0 Å². The van der Waals surface area contributed by atoms with E-state index in [0.29, 0.717) is 6.42 Å². The van der Waals surface area contributed by atoms with Crippen LogP contribution in [-0.2, 0) is 35.1 Å². The smallest absolute Gasteiger partial charge is 0.407 e. The minimum atomic E-state index is -0.808. The molecule has 0 radical (unpaired) electrons. The SMILES string of the molecule is CC(C)(C)OC(=O)CO[C@H]1C[C@@H](NC(=O)OCc2ccccc2)[C@@H]2OC(C)(C)O[C@@H]21. The number of carbonyl (C=O) groups excluding carboxylic acids is 2. The van der Waals surface area contributed by atoms with Gasteiger partial charge in [-0.1, -0.05) is 30.3 Å². The summed E-state index contributed by atoms with van der Waals surface area (Å²) < 4.78 is 28.3. The highest BCUT2D eigenvalue weighted by atomic mass is 16.8. The Morgan fingerprint density at radius 2 is 1.80 bits per heavy atom. The standard InChI is InChI=1S/C22H31NO7/c1-21(2,3)28-17(24)13-26-16-11-15(18-19(16)30-22(4,5)29-18)23-20(25)27-12-14-9-7-6-8-10-14/h6-10,15-16,18-19H,11-13H2,1-5H3,(H,23,25)/t15-,16+,18+,19-/m1/s1. The second kappa shape index (κ2) is 8.91. The van der Waals surface area contributed by atoms with Gasteiger partial charge in [-0.25, -0.2) is 9.59 Å². The van der Waals surface area contributed by atoms with Crippen LogP contribution in [0.25, 0.3) is 0 Å².